The van der Waals surface area contributed by atoms with Crippen LogP contribution in [0.15, 0.2) is 78.0 Å². The number of fused-ring (bicyclic) bond motifs is 1. The third kappa shape index (κ3) is 6.02. The second kappa shape index (κ2) is 11.1. The van der Waals surface area contributed by atoms with Crippen molar-refractivity contribution in [2.45, 2.75) is 48.4 Å². The van der Waals surface area contributed by atoms with Gasteiger partial charge in [-0.05, 0) is 59.7 Å². The van der Waals surface area contributed by atoms with Gasteiger partial charge in [-0.25, -0.2) is 9.97 Å². The van der Waals surface area contributed by atoms with E-state index in [-0.39, 0.29) is 5.82 Å². The Hall–Kier alpha value is -3.46. The molecule has 0 saturated heterocycles. The Morgan fingerprint density at radius 2 is 1.56 bits per heavy atom. The van der Waals surface area contributed by atoms with E-state index in [4.69, 9.17) is 11.5 Å². The first-order valence-electron chi connectivity index (χ1n) is 11.7. The van der Waals surface area contributed by atoms with Gasteiger partial charge in [-0.2, -0.15) is 13.2 Å². The number of nitrogen functional groups attached to an aromatic ring is 2. The molecule has 1 atom stereocenters. The minimum atomic E-state index is -4.33. The van der Waals surface area contributed by atoms with Crippen LogP contribution >= 0.6 is 0 Å². The van der Waals surface area contributed by atoms with Crippen molar-refractivity contribution in [1.82, 2.24) is 9.97 Å². The zero-order valence-electron chi connectivity index (χ0n) is 19.5. The third-order valence-corrected chi connectivity index (χ3v) is 8.02. The van der Waals surface area contributed by atoms with Crippen molar-refractivity contribution < 1.29 is 17.4 Å². The van der Waals surface area contributed by atoms with E-state index in [9.17, 15) is 17.4 Å². The molecular weight excluding hydrogens is 485 g/mol. The monoisotopic (exact) mass is 512 g/mol. The van der Waals surface area contributed by atoms with Crippen LogP contribution in [-0.4, -0.2) is 19.4 Å². The van der Waals surface area contributed by atoms with E-state index in [1.807, 2.05) is 30.3 Å². The van der Waals surface area contributed by atoms with Gasteiger partial charge in [-0.1, -0.05) is 49.6 Å². The fourth-order valence-electron chi connectivity index (χ4n) is 4.29. The highest BCUT2D eigenvalue weighted by atomic mass is 32.2. The molecular formula is C27H27F3N4OS. The summed E-state index contributed by atoms with van der Waals surface area (Å²) in [5, 5.41) is 2.38. The maximum absolute atomic E-state index is 12.8. The lowest BCUT2D eigenvalue weighted by atomic mass is 9.99. The second-order valence-corrected chi connectivity index (χ2v) is 10.4. The lowest BCUT2D eigenvalue weighted by Crippen LogP contribution is -2.18. The lowest BCUT2D eigenvalue weighted by Gasteiger charge is -2.21. The molecule has 1 unspecified atom stereocenters. The maximum Gasteiger partial charge on any atom is 0.417 e. The number of pyridine rings is 2. The fourth-order valence-corrected chi connectivity index (χ4v) is 5.85. The van der Waals surface area contributed by atoms with Crippen molar-refractivity contribution in [3.8, 4) is 11.1 Å². The van der Waals surface area contributed by atoms with Gasteiger partial charge in [0.15, 0.2) is 0 Å². The fraction of sp³-hybridized carbons (Fsp3) is 0.259. The Morgan fingerprint density at radius 3 is 2.19 bits per heavy atom. The maximum atomic E-state index is 12.8. The average molecular weight is 513 g/mol. The zero-order chi connectivity index (χ0) is 25.7. The van der Waals surface area contributed by atoms with Crippen LogP contribution < -0.4 is 11.5 Å². The molecule has 0 amide bonds. The van der Waals surface area contributed by atoms with Crippen LogP contribution in [-0.2, 0) is 17.0 Å². The Morgan fingerprint density at radius 1 is 0.833 bits per heavy atom. The van der Waals surface area contributed by atoms with Crippen molar-refractivity contribution in [2.75, 3.05) is 11.5 Å². The van der Waals surface area contributed by atoms with Gasteiger partial charge < -0.3 is 11.5 Å². The molecule has 1 aliphatic rings. The predicted octanol–water partition coefficient (Wildman–Crippen LogP) is 6.61. The smallest absolute Gasteiger partial charge is 0.384 e. The molecule has 1 saturated carbocycles. The van der Waals surface area contributed by atoms with Crippen LogP contribution in [0, 0.1) is 0 Å². The number of rotatable bonds is 3. The van der Waals surface area contributed by atoms with Gasteiger partial charge >= 0.3 is 6.18 Å². The number of nitrogens with zero attached hydrogens (tertiary/aromatic N) is 2. The molecule has 5 rings (SSSR count). The molecule has 0 radical (unpaired) electrons. The van der Waals surface area contributed by atoms with Crippen molar-refractivity contribution in [2.24, 2.45) is 0 Å². The average Bonchev–Trinajstić information content (AvgIpc) is 2.89. The van der Waals surface area contributed by atoms with E-state index in [2.05, 4.69) is 28.2 Å². The van der Waals surface area contributed by atoms with Gasteiger partial charge in [-0.3, -0.25) is 4.21 Å². The molecule has 2 heterocycles. The van der Waals surface area contributed by atoms with Crippen molar-refractivity contribution in [3.05, 3.63) is 78.6 Å². The lowest BCUT2D eigenvalue weighted by molar-refractivity contribution is -0.137. The summed E-state index contributed by atoms with van der Waals surface area (Å²) in [6.45, 7) is 0. The minimum absolute atomic E-state index is 0.0815. The molecule has 4 aromatic rings. The van der Waals surface area contributed by atoms with Gasteiger partial charge in [0.1, 0.15) is 11.6 Å². The molecule has 4 N–H and O–H groups in total. The number of hydrogen-bond acceptors (Lipinski definition) is 5. The number of anilines is 2. The van der Waals surface area contributed by atoms with Crippen LogP contribution in [0.5, 0.6) is 0 Å². The molecule has 1 fully saturated rings. The molecule has 0 spiro atoms. The largest absolute Gasteiger partial charge is 0.417 e. The van der Waals surface area contributed by atoms with Crippen LogP contribution in [0.2, 0.25) is 0 Å². The highest BCUT2D eigenvalue weighted by Crippen LogP contribution is 2.32. The summed E-state index contributed by atoms with van der Waals surface area (Å²) in [6, 6.07) is 18.3. The molecule has 0 bridgehead atoms. The van der Waals surface area contributed by atoms with E-state index in [0.29, 0.717) is 17.3 Å². The number of aromatic nitrogens is 2. The summed E-state index contributed by atoms with van der Waals surface area (Å²) in [6.07, 6.45) is 3.99. The van der Waals surface area contributed by atoms with Crippen LogP contribution in [0.4, 0.5) is 24.8 Å². The van der Waals surface area contributed by atoms with Crippen LogP contribution in [0.3, 0.4) is 0 Å². The predicted molar refractivity (Wildman–Crippen MR) is 139 cm³/mol. The number of hydrogen-bond donors (Lipinski definition) is 2. The summed E-state index contributed by atoms with van der Waals surface area (Å²) in [5.74, 6) is 0.632. The topological polar surface area (TPSA) is 94.9 Å². The number of nitrogens with two attached hydrogens (primary N) is 2. The Kier molecular flexibility index (Phi) is 7.88. The number of alkyl halides is 3. The summed E-state index contributed by atoms with van der Waals surface area (Å²) in [5.41, 5.74) is 12.5. The van der Waals surface area contributed by atoms with Crippen molar-refractivity contribution >= 4 is 33.2 Å². The van der Waals surface area contributed by atoms with Gasteiger partial charge in [0.25, 0.3) is 0 Å². The summed E-state index contributed by atoms with van der Waals surface area (Å²) >= 11 is 0. The van der Waals surface area contributed by atoms with Crippen molar-refractivity contribution in [1.29, 1.82) is 0 Å². The minimum Gasteiger partial charge on any atom is -0.384 e. The van der Waals surface area contributed by atoms with Crippen molar-refractivity contribution in [3.63, 3.8) is 0 Å². The number of halogens is 3. The van der Waals surface area contributed by atoms with E-state index >= 15 is 0 Å². The molecule has 36 heavy (non-hydrogen) atoms. The van der Waals surface area contributed by atoms with Crippen LogP contribution in [0.1, 0.15) is 37.7 Å². The Labute approximate surface area is 210 Å². The molecule has 1 aliphatic carbocycles. The molecule has 5 nitrogen and oxygen atoms in total. The van der Waals surface area contributed by atoms with Gasteiger partial charge in [0.2, 0.25) is 0 Å². The van der Waals surface area contributed by atoms with Crippen LogP contribution in [0.25, 0.3) is 21.9 Å². The molecule has 9 heteroatoms. The first-order valence-corrected chi connectivity index (χ1v) is 12.9. The standard InChI is InChI=1S/C21H22N2OS.C6H5F3N2/c22-21-20-8-4-7-18(19(20)13-14-23-21)15-9-11-17(12-10-15)25(24)16-5-2-1-3-6-16;7-6(8,9)4-1-2-5(10)11-3-4/h4,7-14,16H,1-3,5-6H2,(H2,22,23);1-3H,(H2,10,11). The quantitative estimate of drug-likeness (QED) is 0.322. The molecule has 2 aromatic carbocycles. The van der Waals surface area contributed by atoms with E-state index in [0.717, 1.165) is 51.8 Å². The van der Waals surface area contributed by atoms with E-state index in [1.54, 1.807) is 6.20 Å². The highest BCUT2D eigenvalue weighted by molar-refractivity contribution is 7.85. The van der Waals surface area contributed by atoms with Gasteiger partial charge in [0.05, 0.1) is 16.4 Å². The SMILES string of the molecule is Nc1ccc(C(F)(F)F)cn1.Nc1nccc2c(-c3ccc(S(=O)C4CCCCC4)cc3)cccc12. The van der Waals surface area contributed by atoms with E-state index < -0.39 is 22.5 Å². The normalized spacial score (nSPS) is 15.2. The number of benzene rings is 2. The van der Waals surface area contributed by atoms with Gasteiger partial charge in [0, 0.05) is 27.9 Å². The third-order valence-electron chi connectivity index (χ3n) is 6.20. The molecule has 0 aliphatic heterocycles. The summed E-state index contributed by atoms with van der Waals surface area (Å²) in [4.78, 5) is 8.41. The van der Waals surface area contributed by atoms with Gasteiger partial charge in [-0.15, -0.1) is 0 Å². The first kappa shape index (κ1) is 25.6. The second-order valence-electron chi connectivity index (χ2n) is 8.65. The first-order chi connectivity index (χ1) is 17.2. The highest BCUT2D eigenvalue weighted by Gasteiger charge is 2.30. The molecule has 2 aromatic heterocycles. The Balaban J connectivity index is 0.000000233. The summed E-state index contributed by atoms with van der Waals surface area (Å²) < 4.78 is 48.3. The summed E-state index contributed by atoms with van der Waals surface area (Å²) in [7, 11) is -0.895. The Bertz CT molecular complexity index is 1340. The van der Waals surface area contributed by atoms with E-state index in [1.165, 1.54) is 19.3 Å². The zero-order valence-corrected chi connectivity index (χ0v) is 20.4. The molecule has 188 valence electrons.